The molecule has 100 valence electrons. The minimum absolute atomic E-state index is 0.273. The molecule has 0 amide bonds. The van der Waals surface area contributed by atoms with Crippen LogP contribution in [0, 0.1) is 0 Å². The summed E-state index contributed by atoms with van der Waals surface area (Å²) in [7, 11) is 0. The van der Waals surface area contributed by atoms with E-state index in [4.69, 9.17) is 5.73 Å². The molecule has 2 unspecified atom stereocenters. The summed E-state index contributed by atoms with van der Waals surface area (Å²) in [6, 6.07) is 9.48. The first-order chi connectivity index (χ1) is 9.29. The molecule has 0 saturated carbocycles. The average Bonchev–Trinajstić information content (AvgIpc) is 3.10. The summed E-state index contributed by atoms with van der Waals surface area (Å²) in [4.78, 5) is 0. The van der Waals surface area contributed by atoms with Crippen LogP contribution in [0.5, 0.6) is 0 Å². The molecule has 0 heterocycles. The van der Waals surface area contributed by atoms with Crippen molar-refractivity contribution in [1.82, 2.24) is 0 Å². The van der Waals surface area contributed by atoms with E-state index in [-0.39, 0.29) is 6.04 Å². The van der Waals surface area contributed by atoms with Gasteiger partial charge in [0.15, 0.2) is 0 Å². The zero-order chi connectivity index (χ0) is 13.2. The van der Waals surface area contributed by atoms with Gasteiger partial charge < -0.3 is 5.73 Å². The maximum absolute atomic E-state index is 5.98. The van der Waals surface area contributed by atoms with E-state index >= 15 is 0 Å². The minimum atomic E-state index is 0.273. The zero-order valence-electron chi connectivity index (χ0n) is 11.7. The van der Waals surface area contributed by atoms with Crippen molar-refractivity contribution in [2.75, 3.05) is 0 Å². The molecule has 2 aliphatic carbocycles. The van der Waals surface area contributed by atoms with Crippen molar-refractivity contribution in [3.8, 4) is 0 Å². The molecule has 0 bridgehead atoms. The Kier molecular flexibility index (Phi) is 3.56. The van der Waals surface area contributed by atoms with Gasteiger partial charge in [-0.1, -0.05) is 56.2 Å². The molecule has 1 aromatic carbocycles. The van der Waals surface area contributed by atoms with E-state index in [1.54, 1.807) is 0 Å². The predicted molar refractivity (Wildman–Crippen MR) is 81.2 cm³/mol. The molecule has 1 heteroatoms. The number of nitrogens with two attached hydrogens (primary N) is 1. The van der Waals surface area contributed by atoms with Crippen molar-refractivity contribution >= 4 is 0 Å². The van der Waals surface area contributed by atoms with E-state index in [9.17, 15) is 0 Å². The van der Waals surface area contributed by atoms with Gasteiger partial charge in [0.2, 0.25) is 0 Å². The summed E-state index contributed by atoms with van der Waals surface area (Å²) in [6.07, 6.45) is 10.8. The Labute approximate surface area is 116 Å². The van der Waals surface area contributed by atoms with Crippen LogP contribution in [0.4, 0.5) is 0 Å². The van der Waals surface area contributed by atoms with Crippen molar-refractivity contribution in [3.63, 3.8) is 0 Å². The third-order valence-corrected chi connectivity index (χ3v) is 4.42. The molecule has 0 aromatic heterocycles. The summed E-state index contributed by atoms with van der Waals surface area (Å²) in [5.74, 6) is 0.539. The second-order valence-corrected chi connectivity index (χ2v) is 5.83. The van der Waals surface area contributed by atoms with Gasteiger partial charge in [0.25, 0.3) is 0 Å². The third-order valence-electron chi connectivity index (χ3n) is 4.42. The van der Waals surface area contributed by atoms with Gasteiger partial charge in [-0.3, -0.25) is 0 Å². The number of hydrogen-bond acceptors (Lipinski definition) is 1. The Morgan fingerprint density at radius 1 is 1.16 bits per heavy atom. The van der Waals surface area contributed by atoms with Gasteiger partial charge in [0.05, 0.1) is 6.04 Å². The molecule has 0 fully saturated rings. The van der Waals surface area contributed by atoms with E-state index < -0.39 is 0 Å². The van der Waals surface area contributed by atoms with Crippen molar-refractivity contribution < 1.29 is 0 Å². The van der Waals surface area contributed by atoms with Crippen LogP contribution in [-0.4, -0.2) is 6.04 Å². The summed E-state index contributed by atoms with van der Waals surface area (Å²) >= 11 is 0. The predicted octanol–water partition coefficient (Wildman–Crippen LogP) is 4.10. The maximum Gasteiger partial charge on any atom is 0.0517 e. The van der Waals surface area contributed by atoms with Crippen molar-refractivity contribution in [2.24, 2.45) is 5.73 Å². The van der Waals surface area contributed by atoms with Crippen LogP contribution >= 0.6 is 0 Å². The fourth-order valence-electron chi connectivity index (χ4n) is 3.03. The lowest BCUT2D eigenvalue weighted by molar-refractivity contribution is 0.717. The molecule has 0 radical (unpaired) electrons. The Balaban J connectivity index is 1.60. The van der Waals surface area contributed by atoms with Gasteiger partial charge in [0, 0.05) is 5.92 Å². The average molecular weight is 253 g/mol. The van der Waals surface area contributed by atoms with Crippen LogP contribution in [0.25, 0.3) is 0 Å². The van der Waals surface area contributed by atoms with Crippen LogP contribution in [0.15, 0.2) is 47.6 Å². The molecule has 2 N–H and O–H groups in total. The lowest BCUT2D eigenvalue weighted by atomic mass is 9.91. The van der Waals surface area contributed by atoms with E-state index in [0.29, 0.717) is 5.92 Å². The SMILES string of the molecule is CCCCCc1ccc(C2C=CC3=C(C2)C3N)cc1. The molecule has 1 nitrogen and oxygen atoms in total. The highest BCUT2D eigenvalue weighted by Gasteiger charge is 2.35. The largest absolute Gasteiger partial charge is 0.321 e. The minimum Gasteiger partial charge on any atom is -0.321 e. The second kappa shape index (κ2) is 5.34. The second-order valence-electron chi connectivity index (χ2n) is 5.83. The van der Waals surface area contributed by atoms with Crippen molar-refractivity contribution in [2.45, 2.75) is 51.0 Å². The molecule has 0 spiro atoms. The monoisotopic (exact) mass is 253 g/mol. The molecule has 3 rings (SSSR count). The summed E-state index contributed by atoms with van der Waals surface area (Å²) in [6.45, 7) is 2.25. The molecule has 2 atom stereocenters. The molecule has 0 aliphatic heterocycles. The number of allylic oxidation sites excluding steroid dienone is 1. The summed E-state index contributed by atoms with van der Waals surface area (Å²) < 4.78 is 0. The molecule has 0 saturated heterocycles. The van der Waals surface area contributed by atoms with Crippen LogP contribution < -0.4 is 5.73 Å². The quantitative estimate of drug-likeness (QED) is 0.785. The smallest absolute Gasteiger partial charge is 0.0517 e. The Morgan fingerprint density at radius 2 is 1.95 bits per heavy atom. The lowest BCUT2D eigenvalue weighted by Gasteiger charge is -2.13. The summed E-state index contributed by atoms with van der Waals surface area (Å²) in [5, 5.41) is 0. The van der Waals surface area contributed by atoms with Crippen LogP contribution in [0.1, 0.15) is 49.7 Å². The highest BCUT2D eigenvalue weighted by molar-refractivity contribution is 5.56. The van der Waals surface area contributed by atoms with Gasteiger partial charge >= 0.3 is 0 Å². The Hall–Kier alpha value is -1.34. The summed E-state index contributed by atoms with van der Waals surface area (Å²) in [5.41, 5.74) is 11.7. The van der Waals surface area contributed by atoms with Crippen molar-refractivity contribution in [3.05, 3.63) is 58.7 Å². The van der Waals surface area contributed by atoms with Gasteiger partial charge in [-0.15, -0.1) is 0 Å². The van der Waals surface area contributed by atoms with Gasteiger partial charge in [0.1, 0.15) is 0 Å². The zero-order valence-corrected chi connectivity index (χ0v) is 11.7. The van der Waals surface area contributed by atoms with Crippen LogP contribution in [0.2, 0.25) is 0 Å². The highest BCUT2D eigenvalue weighted by Crippen LogP contribution is 2.43. The van der Waals surface area contributed by atoms with Gasteiger partial charge in [-0.05, 0) is 41.5 Å². The molecule has 2 aliphatic rings. The molecular formula is C18H23N. The van der Waals surface area contributed by atoms with E-state index in [0.717, 1.165) is 6.42 Å². The Morgan fingerprint density at radius 3 is 2.63 bits per heavy atom. The van der Waals surface area contributed by atoms with Gasteiger partial charge in [-0.2, -0.15) is 0 Å². The standard InChI is InChI=1S/C18H23N/c1-2-3-4-5-13-6-8-14(9-7-13)15-10-11-16-17(12-15)18(16)19/h6-11,15,18H,2-5,12,19H2,1H3. The number of aryl methyl sites for hydroxylation is 1. The first-order valence-electron chi connectivity index (χ1n) is 7.55. The Bertz CT molecular complexity index is 507. The maximum atomic E-state index is 5.98. The number of benzene rings is 1. The van der Waals surface area contributed by atoms with Crippen LogP contribution in [-0.2, 0) is 6.42 Å². The van der Waals surface area contributed by atoms with Crippen molar-refractivity contribution in [1.29, 1.82) is 0 Å². The first-order valence-corrected chi connectivity index (χ1v) is 7.55. The number of hydrogen-bond donors (Lipinski definition) is 1. The van der Waals surface area contributed by atoms with Gasteiger partial charge in [-0.25, -0.2) is 0 Å². The molecular weight excluding hydrogens is 230 g/mol. The fraction of sp³-hybridized carbons (Fsp3) is 0.444. The number of unbranched alkanes of at least 4 members (excludes halogenated alkanes) is 2. The fourth-order valence-corrected chi connectivity index (χ4v) is 3.03. The topological polar surface area (TPSA) is 26.0 Å². The van der Waals surface area contributed by atoms with E-state index in [1.165, 1.54) is 48.0 Å². The lowest BCUT2D eigenvalue weighted by Crippen LogP contribution is -2.05. The third kappa shape index (κ3) is 2.66. The molecule has 1 aromatic rings. The first kappa shape index (κ1) is 12.7. The van der Waals surface area contributed by atoms with E-state index in [2.05, 4.69) is 43.3 Å². The number of rotatable bonds is 5. The van der Waals surface area contributed by atoms with E-state index in [1.807, 2.05) is 0 Å². The van der Waals surface area contributed by atoms with Crippen LogP contribution in [0.3, 0.4) is 0 Å². The molecule has 19 heavy (non-hydrogen) atoms. The highest BCUT2D eigenvalue weighted by atomic mass is 14.7. The normalized spacial score (nSPS) is 24.5.